The Bertz CT molecular complexity index is 1040. The molecule has 0 fully saturated rings. The molecule has 6 nitrogen and oxygen atoms in total. The van der Waals surface area contributed by atoms with Crippen LogP contribution < -0.4 is 0 Å². The number of ether oxygens (including phenoxy) is 1. The number of carbonyl (C=O) groups is 2. The molecule has 2 amide bonds. The van der Waals surface area contributed by atoms with E-state index in [1.54, 1.807) is 4.90 Å². The number of amides is 2. The summed E-state index contributed by atoms with van der Waals surface area (Å²) in [6.07, 6.45) is 2.67. The molecule has 186 valence electrons. The first-order valence-electron chi connectivity index (χ1n) is 12.0. The summed E-state index contributed by atoms with van der Waals surface area (Å²) >= 11 is 1.49. The van der Waals surface area contributed by atoms with E-state index in [2.05, 4.69) is 0 Å². The smallest absolute Gasteiger partial charge is 0.242 e. The highest BCUT2D eigenvalue weighted by Crippen LogP contribution is 2.18. The first kappa shape index (κ1) is 26.6. The number of rotatable bonds is 14. The molecule has 3 aromatic rings. The topological polar surface area (TPSA) is 54.8 Å². The fraction of sp³-hybridized carbons (Fsp3) is 0.357. The molecule has 0 aliphatic carbocycles. The van der Waals surface area contributed by atoms with E-state index in [-0.39, 0.29) is 18.4 Å². The van der Waals surface area contributed by atoms with Gasteiger partial charge in [0.1, 0.15) is 0 Å². The highest BCUT2D eigenvalue weighted by atomic mass is 32.2. The lowest BCUT2D eigenvalue weighted by atomic mass is 10.2. The minimum Gasteiger partial charge on any atom is -0.382 e. The van der Waals surface area contributed by atoms with Crippen molar-refractivity contribution in [3.05, 3.63) is 90.3 Å². The SMILES string of the molecule is CCOCCCN(CC(=O)N(Cc1ccccc1)Cc1cccn1C)C(=O)CSc1ccccc1. The van der Waals surface area contributed by atoms with Crippen molar-refractivity contribution in [1.29, 1.82) is 0 Å². The zero-order valence-electron chi connectivity index (χ0n) is 20.6. The van der Waals surface area contributed by atoms with Crippen LogP contribution in [-0.4, -0.2) is 58.2 Å². The molecule has 7 heteroatoms. The van der Waals surface area contributed by atoms with Crippen LogP contribution in [-0.2, 0) is 34.5 Å². The lowest BCUT2D eigenvalue weighted by Gasteiger charge is -2.28. The Kier molecular flexibility index (Phi) is 10.9. The van der Waals surface area contributed by atoms with Crippen LogP contribution in [0.4, 0.5) is 0 Å². The molecule has 0 saturated carbocycles. The van der Waals surface area contributed by atoms with Crippen LogP contribution in [0.2, 0.25) is 0 Å². The van der Waals surface area contributed by atoms with Crippen LogP contribution in [0.3, 0.4) is 0 Å². The molecule has 3 rings (SSSR count). The number of carbonyl (C=O) groups excluding carboxylic acids is 2. The summed E-state index contributed by atoms with van der Waals surface area (Å²) in [6.45, 7) is 4.67. The predicted molar refractivity (Wildman–Crippen MR) is 141 cm³/mol. The Morgan fingerprint density at radius 2 is 1.60 bits per heavy atom. The number of aryl methyl sites for hydroxylation is 1. The van der Waals surface area contributed by atoms with E-state index in [0.29, 0.717) is 45.0 Å². The second kappa shape index (κ2) is 14.4. The van der Waals surface area contributed by atoms with Gasteiger partial charge in [0.25, 0.3) is 0 Å². The fourth-order valence-electron chi connectivity index (χ4n) is 3.70. The van der Waals surface area contributed by atoms with Gasteiger partial charge < -0.3 is 19.1 Å². The molecule has 0 N–H and O–H groups in total. The molecule has 0 aliphatic rings. The third-order valence-electron chi connectivity index (χ3n) is 5.68. The van der Waals surface area contributed by atoms with Crippen molar-refractivity contribution < 1.29 is 14.3 Å². The Balaban J connectivity index is 1.70. The molecular formula is C28H35N3O3S. The fourth-order valence-corrected chi connectivity index (χ4v) is 4.52. The normalized spacial score (nSPS) is 10.8. The molecule has 0 unspecified atom stereocenters. The zero-order chi connectivity index (χ0) is 24.9. The highest BCUT2D eigenvalue weighted by Gasteiger charge is 2.22. The number of benzene rings is 2. The maximum atomic E-state index is 13.5. The molecule has 0 bridgehead atoms. The van der Waals surface area contributed by atoms with Crippen molar-refractivity contribution in [1.82, 2.24) is 14.4 Å². The van der Waals surface area contributed by atoms with Gasteiger partial charge in [-0.15, -0.1) is 11.8 Å². The summed E-state index contributed by atoms with van der Waals surface area (Å²) in [5.41, 5.74) is 2.10. The molecular weight excluding hydrogens is 458 g/mol. The van der Waals surface area contributed by atoms with Crippen molar-refractivity contribution in [2.75, 3.05) is 32.1 Å². The van der Waals surface area contributed by atoms with Crippen molar-refractivity contribution >= 4 is 23.6 Å². The van der Waals surface area contributed by atoms with E-state index in [0.717, 1.165) is 16.2 Å². The van der Waals surface area contributed by atoms with Crippen LogP contribution in [0.15, 0.2) is 83.9 Å². The van der Waals surface area contributed by atoms with E-state index in [1.165, 1.54) is 11.8 Å². The molecule has 1 aromatic heterocycles. The van der Waals surface area contributed by atoms with Crippen LogP contribution in [0.1, 0.15) is 24.6 Å². The highest BCUT2D eigenvalue weighted by molar-refractivity contribution is 8.00. The monoisotopic (exact) mass is 493 g/mol. The zero-order valence-corrected chi connectivity index (χ0v) is 21.5. The first-order chi connectivity index (χ1) is 17.1. The predicted octanol–water partition coefficient (Wildman–Crippen LogP) is 4.60. The standard InChI is InChI=1S/C28H35N3O3S/c1-3-34-19-11-18-30(28(33)23-35-26-15-8-5-9-16-26)22-27(32)31(20-24-12-6-4-7-13-24)21-25-14-10-17-29(25)2/h4-10,12-17H,3,11,18-23H2,1-2H3. The van der Waals surface area contributed by atoms with E-state index >= 15 is 0 Å². The van der Waals surface area contributed by atoms with Crippen molar-refractivity contribution in [3.63, 3.8) is 0 Å². The van der Waals surface area contributed by atoms with E-state index in [4.69, 9.17) is 4.74 Å². The van der Waals surface area contributed by atoms with Gasteiger partial charge in [0.05, 0.1) is 18.8 Å². The summed E-state index contributed by atoms with van der Waals surface area (Å²) in [6, 6.07) is 23.8. The first-order valence-corrected chi connectivity index (χ1v) is 13.0. The lowest BCUT2D eigenvalue weighted by molar-refractivity contribution is -0.140. The van der Waals surface area contributed by atoms with Gasteiger partial charge in [0.15, 0.2) is 0 Å². The Labute approximate surface area is 212 Å². The molecule has 35 heavy (non-hydrogen) atoms. The van der Waals surface area contributed by atoms with Crippen LogP contribution >= 0.6 is 11.8 Å². The van der Waals surface area contributed by atoms with Crippen molar-refractivity contribution in [2.45, 2.75) is 31.3 Å². The minimum absolute atomic E-state index is 0.0396. The maximum Gasteiger partial charge on any atom is 0.242 e. The number of hydrogen-bond acceptors (Lipinski definition) is 4. The number of hydrogen-bond donors (Lipinski definition) is 0. The molecule has 0 aliphatic heterocycles. The van der Waals surface area contributed by atoms with Crippen molar-refractivity contribution in [3.8, 4) is 0 Å². The van der Waals surface area contributed by atoms with Gasteiger partial charge in [0.2, 0.25) is 11.8 Å². The quantitative estimate of drug-likeness (QED) is 0.243. The Morgan fingerprint density at radius 1 is 0.886 bits per heavy atom. The lowest BCUT2D eigenvalue weighted by Crippen LogP contribution is -2.44. The second-order valence-electron chi connectivity index (χ2n) is 8.31. The minimum atomic E-state index is -0.0653. The molecule has 2 aromatic carbocycles. The Morgan fingerprint density at radius 3 is 2.26 bits per heavy atom. The van der Waals surface area contributed by atoms with Crippen LogP contribution in [0.25, 0.3) is 0 Å². The number of nitrogens with zero attached hydrogens (tertiary/aromatic N) is 3. The molecule has 0 spiro atoms. The summed E-state index contributed by atoms with van der Waals surface area (Å²) < 4.78 is 7.49. The van der Waals surface area contributed by atoms with Gasteiger partial charge in [-0.25, -0.2) is 0 Å². The van der Waals surface area contributed by atoms with E-state index in [9.17, 15) is 9.59 Å². The van der Waals surface area contributed by atoms with E-state index < -0.39 is 0 Å². The van der Waals surface area contributed by atoms with Crippen LogP contribution in [0.5, 0.6) is 0 Å². The second-order valence-corrected chi connectivity index (χ2v) is 9.36. The third-order valence-corrected chi connectivity index (χ3v) is 6.68. The number of aromatic nitrogens is 1. The summed E-state index contributed by atoms with van der Waals surface area (Å²) in [4.78, 5) is 31.3. The van der Waals surface area contributed by atoms with Gasteiger partial charge >= 0.3 is 0 Å². The van der Waals surface area contributed by atoms with Gasteiger partial charge in [-0.05, 0) is 43.2 Å². The van der Waals surface area contributed by atoms with Gasteiger partial charge in [-0.2, -0.15) is 0 Å². The molecule has 1 heterocycles. The summed E-state index contributed by atoms with van der Waals surface area (Å²) in [5, 5.41) is 0. The molecule has 0 radical (unpaired) electrons. The average Bonchev–Trinajstić information content (AvgIpc) is 3.29. The molecule has 0 saturated heterocycles. The van der Waals surface area contributed by atoms with Gasteiger partial charge in [0, 0.05) is 50.1 Å². The van der Waals surface area contributed by atoms with Crippen molar-refractivity contribution in [2.24, 2.45) is 7.05 Å². The average molecular weight is 494 g/mol. The third kappa shape index (κ3) is 8.92. The van der Waals surface area contributed by atoms with Gasteiger partial charge in [-0.1, -0.05) is 48.5 Å². The Hall–Kier alpha value is -3.03. The summed E-state index contributed by atoms with van der Waals surface area (Å²) in [5.74, 6) is 0.189. The molecule has 0 atom stereocenters. The number of thioether (sulfide) groups is 1. The van der Waals surface area contributed by atoms with E-state index in [1.807, 2.05) is 102 Å². The summed E-state index contributed by atoms with van der Waals surface area (Å²) in [7, 11) is 1.98. The van der Waals surface area contributed by atoms with Gasteiger partial charge in [-0.3, -0.25) is 9.59 Å². The maximum absolute atomic E-state index is 13.5. The largest absolute Gasteiger partial charge is 0.382 e. The van der Waals surface area contributed by atoms with Crippen LogP contribution in [0, 0.1) is 0 Å².